The normalized spacial score (nSPS) is 20.0. The molecule has 1 aromatic rings. The number of likely N-dealkylation sites (tertiary alicyclic amines) is 1. The molecule has 1 aliphatic heterocycles. The van der Waals surface area contributed by atoms with Gasteiger partial charge in [-0.1, -0.05) is 30.3 Å². The van der Waals surface area contributed by atoms with E-state index in [9.17, 15) is 4.79 Å². The fourth-order valence-electron chi connectivity index (χ4n) is 2.84. The predicted octanol–water partition coefficient (Wildman–Crippen LogP) is 2.32. The highest BCUT2D eigenvalue weighted by Crippen LogP contribution is 2.23. The van der Waals surface area contributed by atoms with E-state index in [-0.39, 0.29) is 12.1 Å². The van der Waals surface area contributed by atoms with E-state index in [4.69, 9.17) is 10.6 Å². The maximum Gasteiger partial charge on any atom is 0.410 e. The summed E-state index contributed by atoms with van der Waals surface area (Å²) in [4.78, 5) is 13.9. The highest BCUT2D eigenvalue weighted by Gasteiger charge is 2.33. The van der Waals surface area contributed by atoms with Crippen LogP contribution in [0.5, 0.6) is 0 Å². The van der Waals surface area contributed by atoms with Crippen LogP contribution in [0.25, 0.3) is 0 Å². The van der Waals surface area contributed by atoms with Gasteiger partial charge in [-0.15, -0.1) is 0 Å². The molecule has 22 heavy (non-hydrogen) atoms. The number of hydrogen-bond acceptors (Lipinski definition) is 4. The van der Waals surface area contributed by atoms with Crippen molar-refractivity contribution in [1.82, 2.24) is 10.3 Å². The van der Waals surface area contributed by atoms with E-state index in [1.807, 2.05) is 39.0 Å². The van der Waals surface area contributed by atoms with Crippen LogP contribution in [0.3, 0.4) is 0 Å². The van der Waals surface area contributed by atoms with Gasteiger partial charge in [-0.2, -0.15) is 0 Å². The minimum Gasteiger partial charge on any atom is -0.444 e. The summed E-state index contributed by atoms with van der Waals surface area (Å²) in [5, 5.41) is 0. The van der Waals surface area contributed by atoms with Crippen LogP contribution in [-0.2, 0) is 11.2 Å². The largest absolute Gasteiger partial charge is 0.444 e. The van der Waals surface area contributed by atoms with Gasteiger partial charge in [-0.25, -0.2) is 4.79 Å². The fourth-order valence-corrected chi connectivity index (χ4v) is 2.84. The van der Waals surface area contributed by atoms with Gasteiger partial charge in [0.05, 0.1) is 0 Å². The van der Waals surface area contributed by atoms with Gasteiger partial charge < -0.3 is 9.64 Å². The Morgan fingerprint density at radius 2 is 2.09 bits per heavy atom. The molecule has 5 nitrogen and oxygen atoms in total. The van der Waals surface area contributed by atoms with Crippen LogP contribution in [0.2, 0.25) is 0 Å². The number of ether oxygens (including phenoxy) is 1. The lowest BCUT2D eigenvalue weighted by Crippen LogP contribution is -2.44. The summed E-state index contributed by atoms with van der Waals surface area (Å²) in [6.45, 7) is 7.08. The second-order valence-corrected chi connectivity index (χ2v) is 6.94. The summed E-state index contributed by atoms with van der Waals surface area (Å²) in [5.74, 6) is 6.08. The van der Waals surface area contributed by atoms with E-state index in [1.54, 1.807) is 4.90 Å². The Morgan fingerprint density at radius 3 is 2.68 bits per heavy atom. The number of nitrogens with two attached hydrogens (primary N) is 1. The van der Waals surface area contributed by atoms with Crippen molar-refractivity contribution in [2.24, 2.45) is 11.8 Å². The van der Waals surface area contributed by atoms with Crippen molar-refractivity contribution in [3.05, 3.63) is 35.9 Å². The third kappa shape index (κ3) is 4.71. The molecule has 1 aliphatic rings. The van der Waals surface area contributed by atoms with Crippen molar-refractivity contribution >= 4 is 6.09 Å². The summed E-state index contributed by atoms with van der Waals surface area (Å²) < 4.78 is 5.44. The highest BCUT2D eigenvalue weighted by molar-refractivity contribution is 5.68. The fraction of sp³-hybridized carbons (Fsp3) is 0.588. The van der Waals surface area contributed by atoms with Crippen molar-refractivity contribution in [3.8, 4) is 0 Å². The molecule has 5 heteroatoms. The van der Waals surface area contributed by atoms with Crippen molar-refractivity contribution in [2.45, 2.75) is 45.3 Å². The SMILES string of the molecule is CC(C)(C)OC(=O)N1CCC(C(Cc2ccccc2)NN)C1. The summed E-state index contributed by atoms with van der Waals surface area (Å²) in [7, 11) is 0. The quantitative estimate of drug-likeness (QED) is 0.662. The smallest absolute Gasteiger partial charge is 0.410 e. The van der Waals surface area contributed by atoms with Crippen molar-refractivity contribution < 1.29 is 9.53 Å². The molecule has 0 aromatic heterocycles. The molecule has 0 aliphatic carbocycles. The van der Waals surface area contributed by atoms with Crippen LogP contribution in [0.15, 0.2) is 30.3 Å². The maximum absolute atomic E-state index is 12.1. The van der Waals surface area contributed by atoms with Gasteiger partial charge in [0.2, 0.25) is 0 Å². The van der Waals surface area contributed by atoms with Gasteiger partial charge in [-0.3, -0.25) is 11.3 Å². The number of amides is 1. The lowest BCUT2D eigenvalue weighted by molar-refractivity contribution is 0.0285. The van der Waals surface area contributed by atoms with Crippen LogP contribution >= 0.6 is 0 Å². The third-order valence-electron chi connectivity index (χ3n) is 3.96. The molecule has 0 bridgehead atoms. The van der Waals surface area contributed by atoms with Gasteiger partial charge in [0, 0.05) is 19.1 Å². The average molecular weight is 305 g/mol. The number of nitrogens with one attached hydrogen (secondary N) is 1. The zero-order valence-electron chi connectivity index (χ0n) is 13.7. The van der Waals surface area contributed by atoms with Crippen molar-refractivity contribution in [2.75, 3.05) is 13.1 Å². The molecule has 1 fully saturated rings. The second kappa shape index (κ2) is 7.11. The van der Waals surface area contributed by atoms with Gasteiger partial charge in [-0.05, 0) is 45.1 Å². The van der Waals surface area contributed by atoms with Gasteiger partial charge in [0.25, 0.3) is 0 Å². The first kappa shape index (κ1) is 16.8. The van der Waals surface area contributed by atoms with E-state index in [0.717, 1.165) is 19.4 Å². The lowest BCUT2D eigenvalue weighted by atomic mass is 9.93. The predicted molar refractivity (Wildman–Crippen MR) is 87.2 cm³/mol. The molecular formula is C17H27N3O2. The number of carbonyl (C=O) groups is 1. The summed E-state index contributed by atoms with van der Waals surface area (Å²) >= 11 is 0. The number of nitrogens with zero attached hydrogens (tertiary/aromatic N) is 1. The Hall–Kier alpha value is -1.59. The minimum absolute atomic E-state index is 0.162. The standard InChI is InChI=1S/C17H27N3O2/c1-17(2,3)22-16(21)20-10-9-14(12-20)15(19-18)11-13-7-5-4-6-8-13/h4-8,14-15,19H,9-12,18H2,1-3H3. The molecule has 1 saturated heterocycles. The summed E-state index contributed by atoms with van der Waals surface area (Å²) in [5.41, 5.74) is 3.72. The second-order valence-electron chi connectivity index (χ2n) is 6.94. The molecule has 1 heterocycles. The van der Waals surface area contributed by atoms with Gasteiger partial charge in [0.1, 0.15) is 5.60 Å². The highest BCUT2D eigenvalue weighted by atomic mass is 16.6. The first-order valence-corrected chi connectivity index (χ1v) is 7.87. The zero-order valence-corrected chi connectivity index (χ0v) is 13.7. The van der Waals surface area contributed by atoms with E-state index < -0.39 is 5.60 Å². The first-order valence-electron chi connectivity index (χ1n) is 7.87. The molecule has 1 aromatic carbocycles. The van der Waals surface area contributed by atoms with Crippen molar-refractivity contribution in [1.29, 1.82) is 0 Å². The van der Waals surface area contributed by atoms with E-state index in [2.05, 4.69) is 17.6 Å². The van der Waals surface area contributed by atoms with Crippen LogP contribution in [0, 0.1) is 5.92 Å². The molecule has 0 spiro atoms. The van der Waals surface area contributed by atoms with Crippen LogP contribution in [-0.4, -0.2) is 35.7 Å². The lowest BCUT2D eigenvalue weighted by Gasteiger charge is -2.26. The Labute approximate surface area is 132 Å². The average Bonchev–Trinajstić information content (AvgIpc) is 2.94. The number of rotatable bonds is 4. The van der Waals surface area contributed by atoms with Crippen LogP contribution in [0.4, 0.5) is 4.79 Å². The van der Waals surface area contributed by atoms with E-state index in [0.29, 0.717) is 12.5 Å². The van der Waals surface area contributed by atoms with Crippen molar-refractivity contribution in [3.63, 3.8) is 0 Å². The topological polar surface area (TPSA) is 67.6 Å². The Bertz CT molecular complexity index is 484. The Morgan fingerprint density at radius 1 is 1.41 bits per heavy atom. The minimum atomic E-state index is -0.454. The molecule has 2 rings (SSSR count). The number of carbonyl (C=O) groups excluding carboxylic acids is 1. The molecule has 122 valence electrons. The molecule has 0 saturated carbocycles. The van der Waals surface area contributed by atoms with Gasteiger partial charge >= 0.3 is 6.09 Å². The number of benzene rings is 1. The maximum atomic E-state index is 12.1. The number of hydrazine groups is 1. The third-order valence-corrected chi connectivity index (χ3v) is 3.96. The molecule has 3 N–H and O–H groups in total. The Balaban J connectivity index is 1.91. The molecular weight excluding hydrogens is 278 g/mol. The monoisotopic (exact) mass is 305 g/mol. The molecule has 1 amide bonds. The molecule has 2 atom stereocenters. The Kier molecular flexibility index (Phi) is 5.42. The molecule has 0 radical (unpaired) electrons. The van der Waals surface area contributed by atoms with Gasteiger partial charge in [0.15, 0.2) is 0 Å². The number of hydrogen-bond donors (Lipinski definition) is 2. The van der Waals surface area contributed by atoms with E-state index in [1.165, 1.54) is 5.56 Å². The first-order chi connectivity index (χ1) is 10.4. The van der Waals surface area contributed by atoms with Crippen LogP contribution in [0.1, 0.15) is 32.8 Å². The summed E-state index contributed by atoms with van der Waals surface area (Å²) in [6.07, 6.45) is 1.58. The molecule has 2 unspecified atom stereocenters. The van der Waals surface area contributed by atoms with Crippen LogP contribution < -0.4 is 11.3 Å². The zero-order chi connectivity index (χ0) is 16.2. The van der Waals surface area contributed by atoms with E-state index >= 15 is 0 Å². The summed E-state index contributed by atoms with van der Waals surface area (Å²) in [6, 6.07) is 10.4.